The lowest BCUT2D eigenvalue weighted by Crippen LogP contribution is -2.25. The summed E-state index contributed by atoms with van der Waals surface area (Å²) in [5, 5.41) is 2.70. The number of hydrogen-bond donors (Lipinski definition) is 3. The molecular formula is C14H15FN4O. The third kappa shape index (κ3) is 3.10. The first kappa shape index (κ1) is 14.0. The van der Waals surface area contributed by atoms with Gasteiger partial charge < -0.3 is 10.7 Å². The molecule has 20 heavy (non-hydrogen) atoms. The van der Waals surface area contributed by atoms with Crippen molar-refractivity contribution in [3.8, 4) is 0 Å². The summed E-state index contributed by atoms with van der Waals surface area (Å²) in [7, 11) is 0. The van der Waals surface area contributed by atoms with Crippen molar-refractivity contribution >= 4 is 11.6 Å². The zero-order valence-electron chi connectivity index (χ0n) is 11.0. The monoisotopic (exact) mass is 274 g/mol. The number of nitrogens with one attached hydrogen (secondary N) is 2. The van der Waals surface area contributed by atoms with E-state index in [0.717, 1.165) is 11.3 Å². The molecule has 0 atom stereocenters. The maximum Gasteiger partial charge on any atom is 0.253 e. The van der Waals surface area contributed by atoms with E-state index in [2.05, 4.69) is 15.7 Å². The summed E-state index contributed by atoms with van der Waals surface area (Å²) in [5.74, 6) is 4.26. The first-order valence-electron chi connectivity index (χ1n) is 6.06. The van der Waals surface area contributed by atoms with E-state index in [0.29, 0.717) is 6.54 Å². The summed E-state index contributed by atoms with van der Waals surface area (Å²) in [6.07, 6.45) is 1.68. The summed E-state index contributed by atoms with van der Waals surface area (Å²) in [5.41, 5.74) is 4.11. The Morgan fingerprint density at radius 3 is 2.80 bits per heavy atom. The molecule has 4 N–H and O–H groups in total. The predicted molar refractivity (Wildman–Crippen MR) is 74.4 cm³/mol. The number of aryl methyl sites for hydroxylation is 1. The first-order valence-corrected chi connectivity index (χ1v) is 6.06. The van der Waals surface area contributed by atoms with Gasteiger partial charge >= 0.3 is 0 Å². The van der Waals surface area contributed by atoms with E-state index in [1.165, 1.54) is 18.2 Å². The summed E-state index contributed by atoms with van der Waals surface area (Å²) in [6.45, 7) is 2.20. The minimum atomic E-state index is -0.572. The molecule has 0 bridgehead atoms. The van der Waals surface area contributed by atoms with Crippen molar-refractivity contribution in [1.29, 1.82) is 0 Å². The van der Waals surface area contributed by atoms with Crippen molar-refractivity contribution in [3.63, 3.8) is 0 Å². The highest BCUT2D eigenvalue weighted by atomic mass is 19.1. The number of hydrogen-bond acceptors (Lipinski definition) is 4. The maximum atomic E-state index is 13.5. The average Bonchev–Trinajstić information content (AvgIpc) is 2.46. The highest BCUT2D eigenvalue weighted by molar-refractivity contribution is 5.99. The Morgan fingerprint density at radius 1 is 1.35 bits per heavy atom. The van der Waals surface area contributed by atoms with Crippen LogP contribution in [0.2, 0.25) is 0 Å². The number of nitrogens with zero attached hydrogens (tertiary/aromatic N) is 1. The number of nitrogens with two attached hydrogens (primary N) is 1. The van der Waals surface area contributed by atoms with Crippen LogP contribution in [0.4, 0.5) is 10.1 Å². The fourth-order valence-corrected chi connectivity index (χ4v) is 1.74. The van der Waals surface area contributed by atoms with Crippen molar-refractivity contribution in [1.82, 2.24) is 10.3 Å². The molecule has 1 aromatic carbocycles. The van der Waals surface area contributed by atoms with Gasteiger partial charge in [0.2, 0.25) is 0 Å². The number of nitrogen functional groups attached to an aromatic ring is 1. The average molecular weight is 274 g/mol. The zero-order valence-corrected chi connectivity index (χ0v) is 11.0. The molecule has 0 saturated heterocycles. The predicted octanol–water partition coefficient (Wildman–Crippen LogP) is 1.74. The fourth-order valence-electron chi connectivity index (χ4n) is 1.74. The van der Waals surface area contributed by atoms with Crippen LogP contribution in [0, 0.1) is 12.7 Å². The SMILES string of the molecule is Cc1ccc(CNC(=O)c2cccc(F)c2NN)cn1. The molecule has 1 heterocycles. The second kappa shape index (κ2) is 6.12. The Hall–Kier alpha value is -2.47. The zero-order chi connectivity index (χ0) is 14.5. The Balaban J connectivity index is 2.09. The van der Waals surface area contributed by atoms with E-state index < -0.39 is 11.7 Å². The summed E-state index contributed by atoms with van der Waals surface area (Å²) < 4.78 is 13.5. The number of pyridine rings is 1. The van der Waals surface area contributed by atoms with Gasteiger partial charge in [0.15, 0.2) is 0 Å². The van der Waals surface area contributed by atoms with Gasteiger partial charge in [-0.25, -0.2) is 4.39 Å². The largest absolute Gasteiger partial charge is 0.348 e. The molecule has 104 valence electrons. The van der Waals surface area contributed by atoms with Crippen molar-refractivity contribution in [2.45, 2.75) is 13.5 Å². The van der Waals surface area contributed by atoms with Crippen LogP contribution in [0.3, 0.4) is 0 Å². The minimum absolute atomic E-state index is 0.0213. The van der Waals surface area contributed by atoms with Crippen LogP contribution < -0.4 is 16.6 Å². The highest BCUT2D eigenvalue weighted by Crippen LogP contribution is 2.18. The van der Waals surface area contributed by atoms with E-state index >= 15 is 0 Å². The molecule has 1 amide bonds. The second-order valence-electron chi connectivity index (χ2n) is 4.30. The third-order valence-electron chi connectivity index (χ3n) is 2.83. The molecule has 0 aliphatic rings. The second-order valence-corrected chi connectivity index (χ2v) is 4.30. The molecule has 5 nitrogen and oxygen atoms in total. The molecule has 0 unspecified atom stereocenters. The molecule has 0 aliphatic heterocycles. The number of aromatic nitrogens is 1. The molecule has 0 aliphatic carbocycles. The smallest absolute Gasteiger partial charge is 0.253 e. The first-order chi connectivity index (χ1) is 9.61. The summed E-state index contributed by atoms with van der Waals surface area (Å²) >= 11 is 0. The van der Waals surface area contributed by atoms with E-state index in [1.54, 1.807) is 6.20 Å². The van der Waals surface area contributed by atoms with Gasteiger partial charge in [-0.3, -0.25) is 15.6 Å². The van der Waals surface area contributed by atoms with Gasteiger partial charge in [-0.05, 0) is 30.7 Å². The molecule has 2 rings (SSSR count). The lowest BCUT2D eigenvalue weighted by molar-refractivity contribution is 0.0951. The van der Waals surface area contributed by atoms with Gasteiger partial charge in [-0.15, -0.1) is 0 Å². The van der Waals surface area contributed by atoms with E-state index in [9.17, 15) is 9.18 Å². The van der Waals surface area contributed by atoms with Gasteiger partial charge in [-0.1, -0.05) is 12.1 Å². The van der Waals surface area contributed by atoms with Crippen LogP contribution in [0.15, 0.2) is 36.5 Å². The summed E-state index contributed by atoms with van der Waals surface area (Å²) in [4.78, 5) is 16.2. The number of carbonyl (C=O) groups excluding carboxylic acids is 1. The lowest BCUT2D eigenvalue weighted by Gasteiger charge is -2.10. The Morgan fingerprint density at radius 2 is 2.15 bits per heavy atom. The number of para-hydroxylation sites is 1. The molecule has 0 fully saturated rings. The topological polar surface area (TPSA) is 80.0 Å². The number of hydrazine groups is 1. The van der Waals surface area contributed by atoms with E-state index in [1.807, 2.05) is 19.1 Å². The van der Waals surface area contributed by atoms with Gasteiger partial charge in [0, 0.05) is 18.4 Å². The van der Waals surface area contributed by atoms with Crippen LogP contribution in [0.5, 0.6) is 0 Å². The van der Waals surface area contributed by atoms with Crippen LogP contribution >= 0.6 is 0 Å². The van der Waals surface area contributed by atoms with Crippen LogP contribution in [0.1, 0.15) is 21.6 Å². The standard InChI is InChI=1S/C14H15FN4O/c1-9-5-6-10(7-17-9)8-18-14(20)11-3-2-4-12(15)13(11)19-16/h2-7,19H,8,16H2,1H3,(H,18,20). The Bertz CT molecular complexity index is 613. The molecular weight excluding hydrogens is 259 g/mol. The molecule has 6 heteroatoms. The van der Waals surface area contributed by atoms with Crippen molar-refractivity contribution < 1.29 is 9.18 Å². The van der Waals surface area contributed by atoms with Crippen LogP contribution in [-0.2, 0) is 6.54 Å². The number of rotatable bonds is 4. The third-order valence-corrected chi connectivity index (χ3v) is 2.83. The van der Waals surface area contributed by atoms with Gasteiger partial charge in [-0.2, -0.15) is 0 Å². The normalized spacial score (nSPS) is 10.2. The number of amides is 1. The van der Waals surface area contributed by atoms with Crippen molar-refractivity contribution in [3.05, 3.63) is 59.2 Å². The fraction of sp³-hybridized carbons (Fsp3) is 0.143. The highest BCUT2D eigenvalue weighted by Gasteiger charge is 2.13. The quantitative estimate of drug-likeness (QED) is 0.586. The summed E-state index contributed by atoms with van der Waals surface area (Å²) in [6, 6.07) is 7.92. The van der Waals surface area contributed by atoms with Gasteiger partial charge in [0.25, 0.3) is 5.91 Å². The maximum absolute atomic E-state index is 13.5. The molecule has 0 saturated carbocycles. The van der Waals surface area contributed by atoms with Crippen molar-refractivity contribution in [2.24, 2.45) is 5.84 Å². The Kier molecular flexibility index (Phi) is 4.27. The lowest BCUT2D eigenvalue weighted by atomic mass is 10.1. The Labute approximate surface area is 116 Å². The number of carbonyl (C=O) groups is 1. The number of benzene rings is 1. The van der Waals surface area contributed by atoms with Gasteiger partial charge in [0.1, 0.15) is 5.82 Å². The molecule has 2 aromatic rings. The molecule has 0 spiro atoms. The molecule has 1 aromatic heterocycles. The number of halogens is 1. The van der Waals surface area contributed by atoms with Crippen LogP contribution in [-0.4, -0.2) is 10.9 Å². The van der Waals surface area contributed by atoms with Crippen LogP contribution in [0.25, 0.3) is 0 Å². The number of anilines is 1. The van der Waals surface area contributed by atoms with E-state index in [4.69, 9.17) is 5.84 Å². The van der Waals surface area contributed by atoms with E-state index in [-0.39, 0.29) is 11.3 Å². The van der Waals surface area contributed by atoms with Crippen molar-refractivity contribution in [2.75, 3.05) is 5.43 Å². The molecule has 0 radical (unpaired) electrons. The minimum Gasteiger partial charge on any atom is -0.348 e. The van der Waals surface area contributed by atoms with Gasteiger partial charge in [0.05, 0.1) is 11.3 Å².